The molecule has 10 heteroatoms. The topological polar surface area (TPSA) is 84.3 Å². The van der Waals surface area contributed by atoms with Crippen LogP contribution in [-0.2, 0) is 17.8 Å². The van der Waals surface area contributed by atoms with Crippen molar-refractivity contribution in [3.05, 3.63) is 55.6 Å². The molecule has 3 aromatic rings. The van der Waals surface area contributed by atoms with Gasteiger partial charge in [-0.2, -0.15) is 0 Å². The van der Waals surface area contributed by atoms with Crippen molar-refractivity contribution in [2.24, 2.45) is 0 Å². The number of hydrogen-bond donors (Lipinski definition) is 1. The Labute approximate surface area is 237 Å². The Bertz CT molecular complexity index is 1340. The molecule has 38 heavy (non-hydrogen) atoms. The molecule has 1 aliphatic rings. The summed E-state index contributed by atoms with van der Waals surface area (Å²) in [7, 11) is 3.41. The van der Waals surface area contributed by atoms with Crippen molar-refractivity contribution >= 4 is 56.7 Å². The average molecular weight is 575 g/mol. The third kappa shape index (κ3) is 6.98. The molecule has 7 nitrogen and oxygen atoms in total. The van der Waals surface area contributed by atoms with E-state index in [1.54, 1.807) is 18.7 Å². The standard InChI is InChI=1S/C28H35ClN4O3S2/c1-18-23-25(38-24(18)27(36)32(2)3)31-28(33(26(23)35)16-15-19-11-13-20(29)14-12-19)37-17-7-10-22(34)30-21-8-5-4-6-9-21/h11-14,21H,4-10,15-17H2,1-3H3,(H,30,34). The minimum Gasteiger partial charge on any atom is -0.353 e. The fourth-order valence-electron chi connectivity index (χ4n) is 4.75. The minimum atomic E-state index is -0.131. The highest BCUT2D eigenvalue weighted by Gasteiger charge is 2.23. The molecule has 0 atom stereocenters. The van der Waals surface area contributed by atoms with Crippen LogP contribution in [0.25, 0.3) is 10.2 Å². The van der Waals surface area contributed by atoms with Gasteiger partial charge in [-0.25, -0.2) is 4.98 Å². The predicted octanol–water partition coefficient (Wildman–Crippen LogP) is 5.69. The van der Waals surface area contributed by atoms with Gasteiger partial charge in [0, 0.05) is 43.9 Å². The first-order valence-electron chi connectivity index (χ1n) is 13.2. The minimum absolute atomic E-state index is 0.0989. The number of benzene rings is 1. The molecule has 2 amide bonds. The molecule has 1 N–H and O–H groups in total. The Morgan fingerprint density at radius 2 is 1.89 bits per heavy atom. The summed E-state index contributed by atoms with van der Waals surface area (Å²) < 4.78 is 1.72. The lowest BCUT2D eigenvalue weighted by molar-refractivity contribution is -0.122. The summed E-state index contributed by atoms with van der Waals surface area (Å²) in [6.45, 7) is 2.28. The lowest BCUT2D eigenvalue weighted by Crippen LogP contribution is -2.36. The Morgan fingerprint density at radius 1 is 1.18 bits per heavy atom. The van der Waals surface area contributed by atoms with Crippen molar-refractivity contribution in [3.63, 3.8) is 0 Å². The summed E-state index contributed by atoms with van der Waals surface area (Å²) in [6, 6.07) is 7.92. The lowest BCUT2D eigenvalue weighted by atomic mass is 9.95. The number of carbonyl (C=O) groups is 2. The third-order valence-electron chi connectivity index (χ3n) is 6.90. The molecule has 0 bridgehead atoms. The van der Waals surface area contributed by atoms with E-state index in [0.717, 1.165) is 18.4 Å². The number of hydrogen-bond acceptors (Lipinski definition) is 6. The van der Waals surface area contributed by atoms with Crippen LogP contribution < -0.4 is 10.9 Å². The second kappa shape index (κ2) is 13.1. The number of halogens is 1. The van der Waals surface area contributed by atoms with Gasteiger partial charge in [-0.1, -0.05) is 54.8 Å². The summed E-state index contributed by atoms with van der Waals surface area (Å²) in [6.07, 6.45) is 7.58. The number of nitrogens with zero attached hydrogens (tertiary/aromatic N) is 3. The Kier molecular flexibility index (Phi) is 9.90. The maximum absolute atomic E-state index is 13.7. The normalized spacial score (nSPS) is 14.1. The number of thioether (sulfide) groups is 1. The van der Waals surface area contributed by atoms with Crippen LogP contribution in [0.5, 0.6) is 0 Å². The molecule has 4 rings (SSSR count). The van der Waals surface area contributed by atoms with Gasteiger partial charge in [0.2, 0.25) is 5.91 Å². The van der Waals surface area contributed by atoms with Gasteiger partial charge >= 0.3 is 0 Å². The van der Waals surface area contributed by atoms with Crippen LogP contribution >= 0.6 is 34.7 Å². The molecular formula is C28H35ClN4O3S2. The number of fused-ring (bicyclic) bond motifs is 1. The van der Waals surface area contributed by atoms with E-state index in [2.05, 4.69) is 5.32 Å². The number of aromatic nitrogens is 2. The van der Waals surface area contributed by atoms with Gasteiger partial charge < -0.3 is 10.2 Å². The largest absolute Gasteiger partial charge is 0.353 e. The zero-order valence-corrected chi connectivity index (χ0v) is 24.6. The fraction of sp³-hybridized carbons (Fsp3) is 0.500. The van der Waals surface area contributed by atoms with E-state index >= 15 is 0 Å². The maximum atomic E-state index is 13.7. The van der Waals surface area contributed by atoms with Crippen molar-refractivity contribution in [2.45, 2.75) is 76.0 Å². The Hall–Kier alpha value is -2.36. The zero-order chi connectivity index (χ0) is 27.2. The Balaban J connectivity index is 1.52. The van der Waals surface area contributed by atoms with E-state index in [0.29, 0.717) is 68.4 Å². The first-order valence-corrected chi connectivity index (χ1v) is 15.3. The van der Waals surface area contributed by atoms with Gasteiger partial charge in [0.15, 0.2) is 5.16 Å². The molecule has 1 fully saturated rings. The number of amides is 2. The molecule has 0 radical (unpaired) electrons. The van der Waals surface area contributed by atoms with E-state index in [1.165, 1.54) is 47.3 Å². The lowest BCUT2D eigenvalue weighted by Gasteiger charge is -2.22. The van der Waals surface area contributed by atoms with Gasteiger partial charge in [-0.05, 0) is 55.9 Å². The van der Waals surface area contributed by atoms with Gasteiger partial charge in [0.1, 0.15) is 4.83 Å². The van der Waals surface area contributed by atoms with Crippen LogP contribution in [0.4, 0.5) is 0 Å². The predicted molar refractivity (Wildman–Crippen MR) is 157 cm³/mol. The highest BCUT2D eigenvalue weighted by Crippen LogP contribution is 2.30. The van der Waals surface area contributed by atoms with Crippen molar-refractivity contribution < 1.29 is 9.59 Å². The van der Waals surface area contributed by atoms with E-state index in [4.69, 9.17) is 16.6 Å². The maximum Gasteiger partial charge on any atom is 0.263 e. The molecular weight excluding hydrogens is 540 g/mol. The summed E-state index contributed by atoms with van der Waals surface area (Å²) in [4.78, 5) is 46.4. The monoisotopic (exact) mass is 574 g/mol. The number of carbonyl (C=O) groups excluding carboxylic acids is 2. The van der Waals surface area contributed by atoms with Crippen molar-refractivity contribution in [3.8, 4) is 0 Å². The van der Waals surface area contributed by atoms with Crippen LogP contribution in [-0.4, -0.2) is 52.2 Å². The van der Waals surface area contributed by atoms with E-state index in [-0.39, 0.29) is 17.4 Å². The highest BCUT2D eigenvalue weighted by molar-refractivity contribution is 7.99. The molecule has 2 heterocycles. The number of rotatable bonds is 10. The average Bonchev–Trinajstić information content (AvgIpc) is 3.23. The van der Waals surface area contributed by atoms with Crippen LogP contribution in [0.1, 0.15) is 65.7 Å². The van der Waals surface area contributed by atoms with E-state index in [1.807, 2.05) is 31.2 Å². The highest BCUT2D eigenvalue weighted by atomic mass is 35.5. The molecule has 204 valence electrons. The summed E-state index contributed by atoms with van der Waals surface area (Å²) in [5, 5.41) is 4.97. The first-order chi connectivity index (χ1) is 18.2. The number of aryl methyl sites for hydroxylation is 2. The molecule has 1 saturated carbocycles. The quantitative estimate of drug-likeness (QED) is 0.191. The SMILES string of the molecule is Cc1c(C(=O)N(C)C)sc2nc(SCCCC(=O)NC3CCCCC3)n(CCc3ccc(Cl)cc3)c(=O)c12. The summed E-state index contributed by atoms with van der Waals surface area (Å²) in [5.74, 6) is 0.641. The van der Waals surface area contributed by atoms with Gasteiger partial charge in [-0.15, -0.1) is 11.3 Å². The van der Waals surface area contributed by atoms with Crippen molar-refractivity contribution in [1.82, 2.24) is 19.8 Å². The molecule has 0 unspecified atom stereocenters. The van der Waals surface area contributed by atoms with Crippen LogP contribution in [0, 0.1) is 6.92 Å². The molecule has 0 spiro atoms. The Morgan fingerprint density at radius 3 is 2.58 bits per heavy atom. The van der Waals surface area contributed by atoms with Crippen molar-refractivity contribution in [2.75, 3.05) is 19.8 Å². The van der Waals surface area contributed by atoms with E-state index in [9.17, 15) is 14.4 Å². The van der Waals surface area contributed by atoms with Crippen LogP contribution in [0.15, 0.2) is 34.2 Å². The summed E-state index contributed by atoms with van der Waals surface area (Å²) >= 11 is 8.80. The fourth-order valence-corrected chi connectivity index (χ4v) is 7.08. The smallest absolute Gasteiger partial charge is 0.263 e. The summed E-state index contributed by atoms with van der Waals surface area (Å²) in [5.41, 5.74) is 1.62. The molecule has 0 aliphatic heterocycles. The second-order valence-corrected chi connectivity index (χ2v) is 12.5. The molecule has 0 saturated heterocycles. The van der Waals surface area contributed by atoms with Gasteiger partial charge in [0.05, 0.1) is 10.3 Å². The third-order valence-corrected chi connectivity index (χ3v) is 9.39. The zero-order valence-electron chi connectivity index (χ0n) is 22.2. The number of nitrogens with one attached hydrogen (secondary N) is 1. The van der Waals surface area contributed by atoms with Gasteiger partial charge in [-0.3, -0.25) is 19.0 Å². The molecule has 1 aliphatic carbocycles. The van der Waals surface area contributed by atoms with Crippen molar-refractivity contribution in [1.29, 1.82) is 0 Å². The second-order valence-electron chi connectivity index (χ2n) is 10.0. The van der Waals surface area contributed by atoms with Gasteiger partial charge in [0.25, 0.3) is 11.5 Å². The van der Waals surface area contributed by atoms with Crippen LogP contribution in [0.2, 0.25) is 5.02 Å². The molecule has 2 aromatic heterocycles. The van der Waals surface area contributed by atoms with Crippen LogP contribution in [0.3, 0.4) is 0 Å². The molecule has 1 aromatic carbocycles. The van der Waals surface area contributed by atoms with E-state index < -0.39 is 0 Å². The number of thiophene rings is 1. The first kappa shape index (κ1) is 28.6.